The fourth-order valence-corrected chi connectivity index (χ4v) is 3.28. The van der Waals surface area contributed by atoms with Gasteiger partial charge in [0, 0.05) is 25.2 Å². The number of aromatic nitrogens is 3. The van der Waals surface area contributed by atoms with E-state index in [-0.39, 0.29) is 5.56 Å². The number of fused-ring (bicyclic) bond motifs is 1. The second kappa shape index (κ2) is 5.99. The normalized spacial score (nSPS) is 19.2. The van der Waals surface area contributed by atoms with Gasteiger partial charge in [0.25, 0.3) is 5.56 Å². The Hall–Kier alpha value is -1.31. The predicted octanol–water partition coefficient (Wildman–Crippen LogP) is 0.725. The maximum atomic E-state index is 11.9. The molecule has 1 aliphatic rings. The van der Waals surface area contributed by atoms with Crippen LogP contribution in [0.1, 0.15) is 25.5 Å². The first kappa shape index (κ1) is 13.7. The summed E-state index contributed by atoms with van der Waals surface area (Å²) >= 11 is 1.39. The zero-order valence-corrected chi connectivity index (χ0v) is 12.4. The summed E-state index contributed by atoms with van der Waals surface area (Å²) in [4.78, 5) is 19.4. The van der Waals surface area contributed by atoms with Crippen molar-refractivity contribution in [1.29, 1.82) is 0 Å². The third-order valence-electron chi connectivity index (χ3n) is 3.71. The summed E-state index contributed by atoms with van der Waals surface area (Å²) < 4.78 is 1.35. The zero-order valence-electron chi connectivity index (χ0n) is 11.6. The summed E-state index contributed by atoms with van der Waals surface area (Å²) in [5.41, 5.74) is 2.38. The van der Waals surface area contributed by atoms with Crippen LogP contribution in [0.4, 0.5) is 0 Å². The van der Waals surface area contributed by atoms with E-state index >= 15 is 0 Å². The van der Waals surface area contributed by atoms with Crippen LogP contribution >= 0.6 is 11.3 Å². The SMILES string of the molecule is CCN(Cc1cc(=O)n2ncsc2n1)CC1CCCN1. The van der Waals surface area contributed by atoms with Crippen molar-refractivity contribution in [3.63, 3.8) is 0 Å². The average molecular weight is 293 g/mol. The minimum atomic E-state index is -0.0960. The minimum Gasteiger partial charge on any atom is -0.313 e. The Balaban J connectivity index is 1.74. The standard InChI is InChI=1S/C13H19N5OS/c1-2-17(7-10-4-3-5-14-10)8-11-6-12(19)18-13(16-11)20-9-15-18/h6,9-10,14H,2-5,7-8H2,1H3. The largest absolute Gasteiger partial charge is 0.313 e. The molecule has 3 heterocycles. The second-order valence-corrected chi connectivity index (χ2v) is 5.95. The lowest BCUT2D eigenvalue weighted by Crippen LogP contribution is -2.37. The van der Waals surface area contributed by atoms with Crippen molar-refractivity contribution in [3.05, 3.63) is 27.6 Å². The van der Waals surface area contributed by atoms with Crippen LogP contribution in [0.25, 0.3) is 4.96 Å². The zero-order chi connectivity index (χ0) is 13.9. The average Bonchev–Trinajstić information content (AvgIpc) is 3.08. The van der Waals surface area contributed by atoms with Gasteiger partial charge in [-0.3, -0.25) is 9.69 Å². The lowest BCUT2D eigenvalue weighted by atomic mass is 10.2. The van der Waals surface area contributed by atoms with Gasteiger partial charge in [-0.1, -0.05) is 18.3 Å². The molecule has 1 aliphatic heterocycles. The van der Waals surface area contributed by atoms with E-state index < -0.39 is 0 Å². The molecular weight excluding hydrogens is 274 g/mol. The van der Waals surface area contributed by atoms with Crippen molar-refractivity contribution >= 4 is 16.3 Å². The molecule has 0 saturated carbocycles. The maximum absolute atomic E-state index is 11.9. The minimum absolute atomic E-state index is 0.0960. The maximum Gasteiger partial charge on any atom is 0.275 e. The van der Waals surface area contributed by atoms with E-state index in [1.54, 1.807) is 11.6 Å². The molecule has 1 fully saturated rings. The number of likely N-dealkylation sites (N-methyl/N-ethyl adjacent to an activating group) is 1. The van der Waals surface area contributed by atoms with Crippen LogP contribution in [0.5, 0.6) is 0 Å². The van der Waals surface area contributed by atoms with Gasteiger partial charge < -0.3 is 5.32 Å². The molecule has 2 aromatic heterocycles. The molecule has 6 nitrogen and oxygen atoms in total. The summed E-state index contributed by atoms with van der Waals surface area (Å²) in [6.07, 6.45) is 2.50. The Morgan fingerprint density at radius 3 is 3.25 bits per heavy atom. The fraction of sp³-hybridized carbons (Fsp3) is 0.615. The van der Waals surface area contributed by atoms with Crippen molar-refractivity contribution < 1.29 is 0 Å². The lowest BCUT2D eigenvalue weighted by Gasteiger charge is -2.23. The van der Waals surface area contributed by atoms with E-state index in [1.807, 2.05) is 0 Å². The summed E-state index contributed by atoms with van der Waals surface area (Å²) in [7, 11) is 0. The number of nitrogens with zero attached hydrogens (tertiary/aromatic N) is 4. The molecule has 108 valence electrons. The van der Waals surface area contributed by atoms with Gasteiger partial charge in [0.1, 0.15) is 5.51 Å². The molecule has 1 unspecified atom stereocenters. The molecular formula is C13H19N5OS. The summed E-state index contributed by atoms with van der Waals surface area (Å²) in [5.74, 6) is 0. The molecule has 0 bridgehead atoms. The van der Waals surface area contributed by atoms with E-state index in [1.165, 1.54) is 28.7 Å². The quantitative estimate of drug-likeness (QED) is 0.880. The monoisotopic (exact) mass is 293 g/mol. The van der Waals surface area contributed by atoms with Crippen LogP contribution in [0.15, 0.2) is 16.4 Å². The molecule has 20 heavy (non-hydrogen) atoms. The molecule has 3 rings (SSSR count). The van der Waals surface area contributed by atoms with Gasteiger partial charge in [-0.2, -0.15) is 9.61 Å². The summed E-state index contributed by atoms with van der Waals surface area (Å²) in [5, 5.41) is 7.49. The second-order valence-electron chi connectivity index (χ2n) is 5.14. The molecule has 0 radical (unpaired) electrons. The Labute approximate surface area is 121 Å². The highest BCUT2D eigenvalue weighted by Gasteiger charge is 2.17. The highest BCUT2D eigenvalue weighted by Crippen LogP contribution is 2.10. The highest BCUT2D eigenvalue weighted by atomic mass is 32.1. The number of rotatable bonds is 5. The molecule has 2 aromatic rings. The number of nitrogens with one attached hydrogen (secondary N) is 1. The first-order valence-electron chi connectivity index (χ1n) is 7.04. The smallest absolute Gasteiger partial charge is 0.275 e. The van der Waals surface area contributed by atoms with Crippen LogP contribution in [-0.2, 0) is 6.54 Å². The van der Waals surface area contributed by atoms with E-state index in [0.717, 1.165) is 31.9 Å². The topological polar surface area (TPSA) is 62.5 Å². The first-order chi connectivity index (χ1) is 9.76. The van der Waals surface area contributed by atoms with Crippen LogP contribution in [0.2, 0.25) is 0 Å². The fourth-order valence-electron chi connectivity index (χ4n) is 2.64. The van der Waals surface area contributed by atoms with Gasteiger partial charge >= 0.3 is 0 Å². The molecule has 1 N–H and O–H groups in total. The Kier molecular flexibility index (Phi) is 4.09. The van der Waals surface area contributed by atoms with Crippen LogP contribution in [0.3, 0.4) is 0 Å². The molecule has 0 amide bonds. The Morgan fingerprint density at radius 1 is 1.60 bits per heavy atom. The van der Waals surface area contributed by atoms with E-state index in [2.05, 4.69) is 27.2 Å². The highest BCUT2D eigenvalue weighted by molar-refractivity contribution is 7.14. The molecule has 0 aromatic carbocycles. The van der Waals surface area contributed by atoms with Crippen LogP contribution in [0, 0.1) is 0 Å². The third kappa shape index (κ3) is 2.89. The van der Waals surface area contributed by atoms with Gasteiger partial charge in [-0.15, -0.1) is 0 Å². The van der Waals surface area contributed by atoms with Gasteiger partial charge in [-0.05, 0) is 25.9 Å². The van der Waals surface area contributed by atoms with Gasteiger partial charge in [0.2, 0.25) is 4.96 Å². The van der Waals surface area contributed by atoms with Crippen molar-refractivity contribution in [2.24, 2.45) is 0 Å². The summed E-state index contributed by atoms with van der Waals surface area (Å²) in [6.45, 7) is 5.96. The van der Waals surface area contributed by atoms with Gasteiger partial charge in [0.05, 0.1) is 5.69 Å². The molecule has 7 heteroatoms. The van der Waals surface area contributed by atoms with Crippen molar-refractivity contribution in [2.75, 3.05) is 19.6 Å². The molecule has 0 aliphatic carbocycles. The predicted molar refractivity (Wildman–Crippen MR) is 79.1 cm³/mol. The van der Waals surface area contributed by atoms with Gasteiger partial charge in [0.15, 0.2) is 0 Å². The van der Waals surface area contributed by atoms with Crippen LogP contribution < -0.4 is 10.9 Å². The number of hydrogen-bond acceptors (Lipinski definition) is 6. The van der Waals surface area contributed by atoms with Crippen LogP contribution in [-0.4, -0.2) is 45.2 Å². The van der Waals surface area contributed by atoms with Crippen molar-refractivity contribution in [3.8, 4) is 0 Å². The van der Waals surface area contributed by atoms with Crippen molar-refractivity contribution in [1.82, 2.24) is 24.8 Å². The van der Waals surface area contributed by atoms with E-state index in [9.17, 15) is 4.79 Å². The summed E-state index contributed by atoms with van der Waals surface area (Å²) in [6, 6.07) is 2.17. The molecule has 0 spiro atoms. The Morgan fingerprint density at radius 2 is 2.50 bits per heavy atom. The van der Waals surface area contributed by atoms with Crippen molar-refractivity contribution in [2.45, 2.75) is 32.4 Å². The van der Waals surface area contributed by atoms with E-state index in [4.69, 9.17) is 0 Å². The van der Waals surface area contributed by atoms with E-state index in [0.29, 0.717) is 11.0 Å². The number of hydrogen-bond donors (Lipinski definition) is 1. The third-order valence-corrected chi connectivity index (χ3v) is 4.39. The lowest BCUT2D eigenvalue weighted by molar-refractivity contribution is 0.251. The molecule has 1 atom stereocenters. The first-order valence-corrected chi connectivity index (χ1v) is 7.92. The Bertz CT molecular complexity index is 631. The van der Waals surface area contributed by atoms with Gasteiger partial charge in [-0.25, -0.2) is 4.98 Å². The molecule has 1 saturated heterocycles.